The van der Waals surface area contributed by atoms with Gasteiger partial charge in [-0.2, -0.15) is 0 Å². The van der Waals surface area contributed by atoms with Crippen LogP contribution < -0.4 is 10.1 Å². The minimum atomic E-state index is -1.15. The lowest BCUT2D eigenvalue weighted by atomic mass is 10.1. The van der Waals surface area contributed by atoms with E-state index in [2.05, 4.69) is 5.32 Å². The Morgan fingerprint density at radius 3 is 2.50 bits per heavy atom. The highest BCUT2D eigenvalue weighted by Crippen LogP contribution is 2.31. The van der Waals surface area contributed by atoms with E-state index in [0.717, 1.165) is 5.56 Å². The summed E-state index contributed by atoms with van der Waals surface area (Å²) < 4.78 is 4.92. The van der Waals surface area contributed by atoms with E-state index >= 15 is 0 Å². The molecule has 0 aliphatic rings. The summed E-state index contributed by atoms with van der Waals surface area (Å²) in [6.45, 7) is 3.07. The van der Waals surface area contributed by atoms with Crippen molar-refractivity contribution in [1.82, 2.24) is 5.32 Å². The third-order valence-electron chi connectivity index (χ3n) is 2.40. The van der Waals surface area contributed by atoms with Crippen molar-refractivity contribution in [2.45, 2.75) is 19.9 Å². The van der Waals surface area contributed by atoms with Gasteiger partial charge in [-0.1, -0.05) is 0 Å². The zero-order valence-corrected chi connectivity index (χ0v) is 10.4. The van der Waals surface area contributed by atoms with Crippen LogP contribution in [0.1, 0.15) is 22.8 Å². The molecule has 0 fully saturated rings. The molecule has 1 rings (SSSR count). The minimum Gasteiger partial charge on any atom is -0.504 e. The van der Waals surface area contributed by atoms with Crippen LogP contribution in [-0.4, -0.2) is 35.2 Å². The summed E-state index contributed by atoms with van der Waals surface area (Å²) in [7, 11) is 1.37. The Hall–Kier alpha value is -2.24. The summed E-state index contributed by atoms with van der Waals surface area (Å²) in [6, 6.07) is 2.00. The van der Waals surface area contributed by atoms with Crippen molar-refractivity contribution in [2.75, 3.05) is 7.11 Å². The molecule has 0 bridgehead atoms. The van der Waals surface area contributed by atoms with Crippen LogP contribution in [0.4, 0.5) is 0 Å². The number of carbonyl (C=O) groups is 2. The first-order valence-electron chi connectivity index (χ1n) is 5.28. The van der Waals surface area contributed by atoms with Gasteiger partial charge in [0.15, 0.2) is 11.5 Å². The molecule has 1 aromatic carbocycles. The predicted octanol–water partition coefficient (Wildman–Crippen LogP) is 0.912. The summed E-state index contributed by atoms with van der Waals surface area (Å²) in [4.78, 5) is 22.4. The van der Waals surface area contributed by atoms with Gasteiger partial charge in [0.25, 0.3) is 5.91 Å². The largest absolute Gasteiger partial charge is 0.504 e. The Kier molecular flexibility index (Phi) is 4.14. The predicted molar refractivity (Wildman–Crippen MR) is 64.0 cm³/mol. The van der Waals surface area contributed by atoms with Crippen LogP contribution in [0.15, 0.2) is 12.1 Å². The van der Waals surface area contributed by atoms with E-state index in [-0.39, 0.29) is 17.1 Å². The van der Waals surface area contributed by atoms with Crippen LogP contribution in [0.2, 0.25) is 0 Å². The summed E-state index contributed by atoms with van der Waals surface area (Å²) >= 11 is 0. The second kappa shape index (κ2) is 5.39. The van der Waals surface area contributed by atoms with Crippen molar-refractivity contribution in [3.05, 3.63) is 23.3 Å². The van der Waals surface area contributed by atoms with Crippen LogP contribution >= 0.6 is 0 Å². The fraction of sp³-hybridized carbons (Fsp3) is 0.333. The maximum atomic E-state index is 11.8. The third kappa shape index (κ3) is 2.91. The zero-order valence-electron chi connectivity index (χ0n) is 10.4. The van der Waals surface area contributed by atoms with E-state index < -0.39 is 17.9 Å². The van der Waals surface area contributed by atoms with Gasteiger partial charge >= 0.3 is 5.97 Å². The van der Waals surface area contributed by atoms with E-state index in [9.17, 15) is 14.7 Å². The van der Waals surface area contributed by atoms with Gasteiger partial charge in [-0.25, -0.2) is 0 Å². The Morgan fingerprint density at radius 2 is 2.00 bits per heavy atom. The topological polar surface area (TPSA) is 95.9 Å². The fourth-order valence-electron chi connectivity index (χ4n) is 1.41. The Morgan fingerprint density at radius 1 is 1.39 bits per heavy atom. The third-order valence-corrected chi connectivity index (χ3v) is 2.40. The number of amides is 1. The normalized spacial score (nSPS) is 11.7. The maximum absolute atomic E-state index is 11.8. The average molecular weight is 253 g/mol. The van der Waals surface area contributed by atoms with E-state index in [4.69, 9.17) is 9.84 Å². The molecule has 1 amide bonds. The minimum absolute atomic E-state index is 0.0139. The maximum Gasteiger partial charge on any atom is 0.325 e. The van der Waals surface area contributed by atoms with E-state index in [1.165, 1.54) is 20.1 Å². The van der Waals surface area contributed by atoms with Crippen molar-refractivity contribution in [1.29, 1.82) is 0 Å². The second-order valence-electron chi connectivity index (χ2n) is 3.90. The van der Waals surface area contributed by atoms with E-state index in [1.54, 1.807) is 13.0 Å². The second-order valence-corrected chi connectivity index (χ2v) is 3.90. The summed E-state index contributed by atoms with van der Waals surface area (Å²) in [5.74, 6) is -1.95. The number of aliphatic carboxylic acids is 1. The smallest absolute Gasteiger partial charge is 0.325 e. The molecule has 3 N–H and O–H groups in total. The Balaban J connectivity index is 3.06. The molecule has 0 unspecified atom stereocenters. The molecular weight excluding hydrogens is 238 g/mol. The molecule has 0 saturated carbocycles. The number of rotatable bonds is 4. The van der Waals surface area contributed by atoms with Gasteiger partial charge in [0.1, 0.15) is 6.04 Å². The van der Waals surface area contributed by atoms with Gasteiger partial charge in [-0.15, -0.1) is 0 Å². The van der Waals surface area contributed by atoms with Crippen molar-refractivity contribution < 1.29 is 24.5 Å². The number of carbonyl (C=O) groups excluding carboxylic acids is 1. The molecular formula is C12H15NO5. The van der Waals surface area contributed by atoms with Gasteiger partial charge in [0.05, 0.1) is 12.7 Å². The Labute approximate surface area is 104 Å². The number of hydrogen-bond acceptors (Lipinski definition) is 4. The SMILES string of the molecule is COc1cc(C)cc(C(=O)N[C@H](C)C(=O)O)c1O. The number of nitrogens with one attached hydrogen (secondary N) is 1. The van der Waals surface area contributed by atoms with Crippen molar-refractivity contribution >= 4 is 11.9 Å². The molecule has 6 heteroatoms. The number of carboxylic acids is 1. The molecule has 1 atom stereocenters. The quantitative estimate of drug-likeness (QED) is 0.741. The number of carboxylic acid groups (broad SMARTS) is 1. The number of methoxy groups -OCH3 is 1. The number of benzene rings is 1. The fourth-order valence-corrected chi connectivity index (χ4v) is 1.41. The number of phenols is 1. The first-order chi connectivity index (χ1) is 8.36. The molecule has 0 spiro atoms. The number of aryl methyl sites for hydroxylation is 1. The standard InChI is InChI=1S/C12H15NO5/c1-6-4-8(10(14)9(5-6)18-3)11(15)13-7(2)12(16)17/h4-5,7,14H,1-3H3,(H,13,15)(H,16,17)/t7-/m1/s1. The molecule has 0 aliphatic carbocycles. The average Bonchev–Trinajstić information content (AvgIpc) is 2.31. The monoisotopic (exact) mass is 253 g/mol. The summed E-state index contributed by atoms with van der Waals surface area (Å²) in [5.41, 5.74) is 0.706. The number of hydrogen-bond donors (Lipinski definition) is 3. The molecule has 98 valence electrons. The summed E-state index contributed by atoms with van der Waals surface area (Å²) in [5, 5.41) is 20.8. The molecule has 1 aromatic rings. The first-order valence-corrected chi connectivity index (χ1v) is 5.28. The van der Waals surface area contributed by atoms with Crippen LogP contribution in [0, 0.1) is 6.92 Å². The van der Waals surface area contributed by atoms with E-state index in [1.807, 2.05) is 0 Å². The highest BCUT2D eigenvalue weighted by Gasteiger charge is 2.20. The molecule has 0 radical (unpaired) electrons. The Bertz CT molecular complexity index is 484. The molecule has 0 heterocycles. The van der Waals surface area contributed by atoms with E-state index in [0.29, 0.717) is 0 Å². The van der Waals surface area contributed by atoms with Crippen molar-refractivity contribution in [3.8, 4) is 11.5 Å². The molecule has 18 heavy (non-hydrogen) atoms. The highest BCUT2D eigenvalue weighted by atomic mass is 16.5. The van der Waals surface area contributed by atoms with Gasteiger partial charge in [-0.3, -0.25) is 9.59 Å². The van der Waals surface area contributed by atoms with Crippen LogP contribution in [0.5, 0.6) is 11.5 Å². The number of phenolic OH excluding ortho intramolecular Hbond substituents is 1. The van der Waals surface area contributed by atoms with Gasteiger partial charge in [0.2, 0.25) is 0 Å². The van der Waals surface area contributed by atoms with Gasteiger partial charge in [0, 0.05) is 0 Å². The molecule has 0 saturated heterocycles. The summed E-state index contributed by atoms with van der Waals surface area (Å²) in [6.07, 6.45) is 0. The van der Waals surface area contributed by atoms with Gasteiger partial charge in [-0.05, 0) is 31.5 Å². The van der Waals surface area contributed by atoms with Crippen LogP contribution in [0.3, 0.4) is 0 Å². The van der Waals surface area contributed by atoms with Crippen LogP contribution in [-0.2, 0) is 4.79 Å². The lowest BCUT2D eigenvalue weighted by Gasteiger charge is -2.13. The number of aromatic hydroxyl groups is 1. The highest BCUT2D eigenvalue weighted by molar-refractivity contribution is 5.99. The molecule has 0 aromatic heterocycles. The van der Waals surface area contributed by atoms with Crippen molar-refractivity contribution in [3.63, 3.8) is 0 Å². The lowest BCUT2D eigenvalue weighted by Crippen LogP contribution is -2.38. The number of ether oxygens (including phenoxy) is 1. The lowest BCUT2D eigenvalue weighted by molar-refractivity contribution is -0.138. The van der Waals surface area contributed by atoms with Crippen LogP contribution in [0.25, 0.3) is 0 Å². The molecule has 6 nitrogen and oxygen atoms in total. The zero-order chi connectivity index (χ0) is 13.9. The van der Waals surface area contributed by atoms with Gasteiger partial charge < -0.3 is 20.3 Å². The molecule has 0 aliphatic heterocycles. The first kappa shape index (κ1) is 13.8. The van der Waals surface area contributed by atoms with Crippen molar-refractivity contribution in [2.24, 2.45) is 0 Å².